The molecule has 8 heteroatoms. The lowest BCUT2D eigenvalue weighted by atomic mass is 9.96. The molecule has 0 radical (unpaired) electrons. The lowest BCUT2D eigenvalue weighted by Gasteiger charge is -2.32. The average Bonchev–Trinajstić information content (AvgIpc) is 3.29. The van der Waals surface area contributed by atoms with E-state index in [0.29, 0.717) is 25.6 Å². The second-order valence-electron chi connectivity index (χ2n) is 8.16. The van der Waals surface area contributed by atoms with Crippen LogP contribution in [0.2, 0.25) is 0 Å². The van der Waals surface area contributed by atoms with Gasteiger partial charge in [-0.25, -0.2) is 0 Å². The highest BCUT2D eigenvalue weighted by Crippen LogP contribution is 2.28. The summed E-state index contributed by atoms with van der Waals surface area (Å²) in [5.74, 6) is 1.65. The summed E-state index contributed by atoms with van der Waals surface area (Å²) in [5.41, 5.74) is 3.45. The Morgan fingerprint density at radius 1 is 1.04 bits per heavy atom. The maximum atomic E-state index is 12.1. The molecule has 150 valence electrons. The molecule has 2 aliphatic heterocycles. The normalized spacial score (nSPS) is 22.0. The van der Waals surface area contributed by atoms with Gasteiger partial charge in [0, 0.05) is 25.6 Å². The van der Waals surface area contributed by atoms with Gasteiger partial charge in [0.25, 0.3) is 0 Å². The minimum absolute atomic E-state index is 0.223. The lowest BCUT2D eigenvalue weighted by Crippen LogP contribution is -2.42. The Labute approximate surface area is 164 Å². The predicted octanol–water partition coefficient (Wildman–Crippen LogP) is 1.04. The molecule has 1 aliphatic carbocycles. The average molecular weight is 384 g/mol. The standard InChI is InChI=1S/C20H28N6O2/c27-19-6-12-28-13-11-25(19)10-9-24-7-4-15(5-8-24)20-22-21-18-14-16-2-1-3-17(16)23-26(18)20/h14-15H,1-13H2. The summed E-state index contributed by atoms with van der Waals surface area (Å²) in [6, 6.07) is 2.17. The molecule has 3 aliphatic rings. The van der Waals surface area contributed by atoms with Gasteiger partial charge in [0.1, 0.15) is 0 Å². The van der Waals surface area contributed by atoms with Crippen molar-refractivity contribution in [1.29, 1.82) is 0 Å². The number of ether oxygens (including phenoxy) is 1. The molecule has 0 atom stereocenters. The van der Waals surface area contributed by atoms with E-state index in [0.717, 1.165) is 69.9 Å². The smallest absolute Gasteiger partial charge is 0.225 e. The molecule has 0 unspecified atom stereocenters. The zero-order valence-electron chi connectivity index (χ0n) is 16.3. The number of fused-ring (bicyclic) bond motifs is 2. The van der Waals surface area contributed by atoms with Crippen LogP contribution in [0, 0.1) is 0 Å². The molecular weight excluding hydrogens is 356 g/mol. The summed E-state index contributed by atoms with van der Waals surface area (Å²) in [4.78, 5) is 16.5. The van der Waals surface area contributed by atoms with Crippen molar-refractivity contribution in [2.24, 2.45) is 0 Å². The van der Waals surface area contributed by atoms with Crippen LogP contribution in [-0.2, 0) is 22.4 Å². The van der Waals surface area contributed by atoms with E-state index in [1.165, 1.54) is 17.7 Å². The fraction of sp³-hybridized carbons (Fsp3) is 0.700. The summed E-state index contributed by atoms with van der Waals surface area (Å²) < 4.78 is 7.39. The van der Waals surface area contributed by atoms with Crippen molar-refractivity contribution >= 4 is 11.6 Å². The number of hydrogen-bond acceptors (Lipinski definition) is 6. The molecule has 0 bridgehead atoms. The molecule has 4 heterocycles. The number of carbonyl (C=O) groups excluding carboxylic acids is 1. The molecule has 8 nitrogen and oxygen atoms in total. The number of rotatable bonds is 4. The largest absolute Gasteiger partial charge is 0.379 e. The van der Waals surface area contributed by atoms with E-state index >= 15 is 0 Å². The number of aryl methyl sites for hydroxylation is 2. The number of carbonyl (C=O) groups is 1. The Kier molecular flexibility index (Phi) is 4.98. The number of hydrogen-bond donors (Lipinski definition) is 0. The number of piperidine rings is 1. The summed E-state index contributed by atoms with van der Waals surface area (Å²) >= 11 is 0. The third kappa shape index (κ3) is 3.51. The molecule has 28 heavy (non-hydrogen) atoms. The Morgan fingerprint density at radius 3 is 2.82 bits per heavy atom. The quantitative estimate of drug-likeness (QED) is 0.784. The maximum Gasteiger partial charge on any atom is 0.225 e. The lowest BCUT2D eigenvalue weighted by molar-refractivity contribution is -0.130. The minimum atomic E-state index is 0.223. The van der Waals surface area contributed by atoms with E-state index in [1.807, 2.05) is 9.42 Å². The van der Waals surface area contributed by atoms with Gasteiger partial charge < -0.3 is 14.5 Å². The molecule has 0 saturated carbocycles. The highest BCUT2D eigenvalue weighted by atomic mass is 16.5. The molecule has 2 aromatic heterocycles. The van der Waals surface area contributed by atoms with Crippen molar-refractivity contribution in [2.75, 3.05) is 45.9 Å². The first kappa shape index (κ1) is 18.0. The van der Waals surface area contributed by atoms with E-state index in [4.69, 9.17) is 9.84 Å². The summed E-state index contributed by atoms with van der Waals surface area (Å²) in [7, 11) is 0. The van der Waals surface area contributed by atoms with Gasteiger partial charge in [-0.3, -0.25) is 4.79 Å². The molecule has 2 fully saturated rings. The van der Waals surface area contributed by atoms with Crippen LogP contribution in [0.25, 0.3) is 5.65 Å². The van der Waals surface area contributed by atoms with Crippen molar-refractivity contribution in [3.05, 3.63) is 23.1 Å². The Hall–Kier alpha value is -2.06. The van der Waals surface area contributed by atoms with Crippen LogP contribution >= 0.6 is 0 Å². The van der Waals surface area contributed by atoms with Crippen LogP contribution < -0.4 is 0 Å². The molecule has 1 amide bonds. The van der Waals surface area contributed by atoms with Crippen molar-refractivity contribution < 1.29 is 9.53 Å². The third-order valence-corrected chi connectivity index (χ3v) is 6.40. The Morgan fingerprint density at radius 2 is 1.93 bits per heavy atom. The molecule has 0 aromatic carbocycles. The van der Waals surface area contributed by atoms with Crippen LogP contribution in [0.1, 0.15) is 48.7 Å². The van der Waals surface area contributed by atoms with E-state index in [9.17, 15) is 4.79 Å². The van der Waals surface area contributed by atoms with E-state index in [-0.39, 0.29) is 5.91 Å². The SMILES string of the molecule is O=C1CCOCCN1CCN1CCC(c2nnc3cc4c(nn23)CCC4)CC1. The molecule has 0 spiro atoms. The molecule has 2 saturated heterocycles. The maximum absolute atomic E-state index is 12.1. The first-order valence-electron chi connectivity index (χ1n) is 10.6. The van der Waals surface area contributed by atoms with E-state index < -0.39 is 0 Å². The first-order chi connectivity index (χ1) is 13.8. The van der Waals surface area contributed by atoms with E-state index in [1.54, 1.807) is 0 Å². The first-order valence-corrected chi connectivity index (χ1v) is 10.6. The molecule has 0 N–H and O–H groups in total. The van der Waals surface area contributed by atoms with Crippen LogP contribution in [0.4, 0.5) is 0 Å². The molecule has 5 rings (SSSR count). The van der Waals surface area contributed by atoms with Crippen molar-refractivity contribution in [2.45, 2.75) is 44.4 Å². The summed E-state index contributed by atoms with van der Waals surface area (Å²) in [6.07, 6.45) is 6.03. The monoisotopic (exact) mass is 384 g/mol. The van der Waals surface area contributed by atoms with Gasteiger partial charge in [0.2, 0.25) is 5.91 Å². The number of nitrogens with zero attached hydrogens (tertiary/aromatic N) is 6. The van der Waals surface area contributed by atoms with Gasteiger partial charge in [0.05, 0.1) is 25.3 Å². The third-order valence-electron chi connectivity index (χ3n) is 6.40. The highest BCUT2D eigenvalue weighted by Gasteiger charge is 2.27. The van der Waals surface area contributed by atoms with Gasteiger partial charge in [-0.1, -0.05) is 0 Å². The zero-order valence-corrected chi connectivity index (χ0v) is 16.3. The van der Waals surface area contributed by atoms with Gasteiger partial charge in [0.15, 0.2) is 11.5 Å². The van der Waals surface area contributed by atoms with E-state index in [2.05, 4.69) is 21.2 Å². The number of aromatic nitrogens is 4. The van der Waals surface area contributed by atoms with Crippen molar-refractivity contribution in [1.82, 2.24) is 29.6 Å². The van der Waals surface area contributed by atoms with Crippen LogP contribution in [0.5, 0.6) is 0 Å². The van der Waals surface area contributed by atoms with Crippen LogP contribution in [-0.4, -0.2) is 81.5 Å². The molecular formula is C20H28N6O2. The fourth-order valence-electron chi connectivity index (χ4n) is 4.68. The van der Waals surface area contributed by atoms with Crippen LogP contribution in [0.3, 0.4) is 0 Å². The van der Waals surface area contributed by atoms with Gasteiger partial charge in [-0.05, 0) is 56.8 Å². The fourth-order valence-corrected chi connectivity index (χ4v) is 4.68. The topological polar surface area (TPSA) is 75.9 Å². The second-order valence-corrected chi connectivity index (χ2v) is 8.16. The summed E-state index contributed by atoms with van der Waals surface area (Å²) in [5, 5.41) is 13.7. The predicted molar refractivity (Wildman–Crippen MR) is 103 cm³/mol. The Bertz CT molecular complexity index is 858. The van der Waals surface area contributed by atoms with Gasteiger partial charge in [-0.2, -0.15) is 9.61 Å². The highest BCUT2D eigenvalue weighted by molar-refractivity contribution is 5.76. The van der Waals surface area contributed by atoms with Crippen LogP contribution in [0.15, 0.2) is 6.07 Å². The Balaban J connectivity index is 1.19. The summed E-state index contributed by atoms with van der Waals surface area (Å²) in [6.45, 7) is 5.73. The zero-order chi connectivity index (χ0) is 18.9. The minimum Gasteiger partial charge on any atom is -0.379 e. The van der Waals surface area contributed by atoms with Crippen molar-refractivity contribution in [3.63, 3.8) is 0 Å². The molecule has 2 aromatic rings. The number of amides is 1. The van der Waals surface area contributed by atoms with Gasteiger partial charge in [-0.15, -0.1) is 10.2 Å². The second kappa shape index (κ2) is 7.75. The van der Waals surface area contributed by atoms with Crippen molar-refractivity contribution in [3.8, 4) is 0 Å². The van der Waals surface area contributed by atoms with Gasteiger partial charge >= 0.3 is 0 Å². The number of likely N-dealkylation sites (tertiary alicyclic amines) is 1.